The van der Waals surface area contributed by atoms with Gasteiger partial charge in [0.15, 0.2) is 5.96 Å². The van der Waals surface area contributed by atoms with Gasteiger partial charge in [0.25, 0.3) is 0 Å². The lowest BCUT2D eigenvalue weighted by Crippen LogP contribution is -2.40. The van der Waals surface area contributed by atoms with Gasteiger partial charge < -0.3 is 10.6 Å². The molecule has 2 N–H and O–H groups in total. The first-order chi connectivity index (χ1) is 10.7. The number of guanidine groups is 1. The maximum absolute atomic E-state index is 13.4. The average molecular weight is 317 g/mol. The maximum atomic E-state index is 13.4. The molecule has 1 aliphatic rings. The van der Waals surface area contributed by atoms with Crippen LogP contribution in [0.1, 0.15) is 23.3 Å². The van der Waals surface area contributed by atoms with Gasteiger partial charge in [-0.1, -0.05) is 18.2 Å². The van der Waals surface area contributed by atoms with Gasteiger partial charge in [0, 0.05) is 23.9 Å². The first-order valence-corrected chi connectivity index (χ1v) is 8.33. The Bertz CT molecular complexity index is 648. The Kier molecular flexibility index (Phi) is 4.43. The molecule has 0 atom stereocenters. The molecule has 1 saturated carbocycles. The van der Waals surface area contributed by atoms with Crippen LogP contribution in [0.3, 0.4) is 0 Å². The lowest BCUT2D eigenvalue weighted by atomic mass is 9.96. The van der Waals surface area contributed by atoms with Crippen LogP contribution in [0.15, 0.2) is 46.8 Å². The monoisotopic (exact) mass is 317 g/mol. The van der Waals surface area contributed by atoms with E-state index >= 15 is 0 Å². The summed E-state index contributed by atoms with van der Waals surface area (Å²) in [6.07, 6.45) is 2.18. The SMILES string of the molecule is CN=C(NCc1cccs1)NCC1(c2cccc(F)c2)CC1. The highest BCUT2D eigenvalue weighted by atomic mass is 32.1. The van der Waals surface area contributed by atoms with E-state index in [1.165, 1.54) is 10.9 Å². The highest BCUT2D eigenvalue weighted by Gasteiger charge is 2.44. The number of hydrogen-bond acceptors (Lipinski definition) is 2. The first kappa shape index (κ1) is 15.0. The lowest BCUT2D eigenvalue weighted by molar-refractivity contribution is 0.607. The molecule has 1 aliphatic carbocycles. The molecule has 0 radical (unpaired) electrons. The largest absolute Gasteiger partial charge is 0.356 e. The standard InChI is InChI=1S/C17H20FN3S/c1-19-16(20-11-15-6-3-9-22-15)21-12-17(7-8-17)13-4-2-5-14(18)10-13/h2-6,9-10H,7-8,11-12H2,1H3,(H2,19,20,21). The molecule has 0 amide bonds. The van der Waals surface area contributed by atoms with Gasteiger partial charge in [-0.2, -0.15) is 0 Å². The number of rotatable bonds is 5. The van der Waals surface area contributed by atoms with Crippen molar-refractivity contribution in [3.05, 3.63) is 58.0 Å². The van der Waals surface area contributed by atoms with Crippen molar-refractivity contribution in [3.8, 4) is 0 Å². The van der Waals surface area contributed by atoms with Crippen LogP contribution in [-0.4, -0.2) is 19.6 Å². The van der Waals surface area contributed by atoms with Gasteiger partial charge in [-0.15, -0.1) is 11.3 Å². The van der Waals surface area contributed by atoms with Crippen molar-refractivity contribution < 1.29 is 4.39 Å². The van der Waals surface area contributed by atoms with E-state index in [0.29, 0.717) is 0 Å². The van der Waals surface area contributed by atoms with E-state index in [-0.39, 0.29) is 11.2 Å². The van der Waals surface area contributed by atoms with E-state index < -0.39 is 0 Å². The second-order valence-corrected chi connectivity index (χ2v) is 6.68. The van der Waals surface area contributed by atoms with Crippen LogP contribution in [0, 0.1) is 5.82 Å². The van der Waals surface area contributed by atoms with Crippen LogP contribution >= 0.6 is 11.3 Å². The number of thiophene rings is 1. The molecule has 2 aromatic rings. The fourth-order valence-corrected chi connectivity index (χ4v) is 3.24. The first-order valence-electron chi connectivity index (χ1n) is 7.45. The van der Waals surface area contributed by atoms with Gasteiger partial charge in [0.05, 0.1) is 6.54 Å². The topological polar surface area (TPSA) is 36.4 Å². The van der Waals surface area contributed by atoms with Crippen LogP contribution in [0.25, 0.3) is 0 Å². The smallest absolute Gasteiger partial charge is 0.191 e. The number of aliphatic imine (C=N–C) groups is 1. The zero-order chi connectivity index (χ0) is 15.4. The molecule has 0 spiro atoms. The molecule has 1 fully saturated rings. The lowest BCUT2D eigenvalue weighted by Gasteiger charge is -2.19. The fraction of sp³-hybridized carbons (Fsp3) is 0.353. The summed E-state index contributed by atoms with van der Waals surface area (Å²) in [5.74, 6) is 0.625. The molecule has 5 heteroatoms. The summed E-state index contributed by atoms with van der Waals surface area (Å²) in [4.78, 5) is 5.53. The summed E-state index contributed by atoms with van der Waals surface area (Å²) in [5, 5.41) is 8.75. The van der Waals surface area contributed by atoms with Crippen LogP contribution in [-0.2, 0) is 12.0 Å². The summed E-state index contributed by atoms with van der Waals surface area (Å²) < 4.78 is 13.4. The second-order valence-electron chi connectivity index (χ2n) is 5.65. The molecule has 1 aromatic heterocycles. The average Bonchev–Trinajstić information content (AvgIpc) is 3.14. The minimum atomic E-state index is -0.163. The van der Waals surface area contributed by atoms with Crippen LogP contribution in [0.4, 0.5) is 4.39 Å². The van der Waals surface area contributed by atoms with Gasteiger partial charge in [-0.3, -0.25) is 4.99 Å². The Balaban J connectivity index is 1.56. The third-order valence-electron chi connectivity index (χ3n) is 4.12. The summed E-state index contributed by atoms with van der Waals surface area (Å²) in [7, 11) is 1.77. The number of halogens is 1. The van der Waals surface area contributed by atoms with Gasteiger partial charge in [0.2, 0.25) is 0 Å². The Morgan fingerprint density at radius 3 is 2.77 bits per heavy atom. The van der Waals surface area contributed by atoms with Crippen molar-refractivity contribution in [2.75, 3.05) is 13.6 Å². The second kappa shape index (κ2) is 6.48. The Hall–Kier alpha value is -1.88. The van der Waals surface area contributed by atoms with E-state index in [1.54, 1.807) is 30.5 Å². The van der Waals surface area contributed by atoms with Gasteiger partial charge >= 0.3 is 0 Å². The molecule has 1 heterocycles. The zero-order valence-corrected chi connectivity index (χ0v) is 13.4. The minimum Gasteiger partial charge on any atom is -0.356 e. The highest BCUT2D eigenvalue weighted by molar-refractivity contribution is 7.09. The van der Waals surface area contributed by atoms with E-state index in [4.69, 9.17) is 0 Å². The fourth-order valence-electron chi connectivity index (χ4n) is 2.59. The molecule has 0 bridgehead atoms. The van der Waals surface area contributed by atoms with Crippen molar-refractivity contribution in [3.63, 3.8) is 0 Å². The van der Waals surface area contributed by atoms with E-state index in [2.05, 4.69) is 27.1 Å². The predicted molar refractivity (Wildman–Crippen MR) is 89.8 cm³/mol. The van der Waals surface area contributed by atoms with E-state index in [9.17, 15) is 4.39 Å². The zero-order valence-electron chi connectivity index (χ0n) is 12.6. The van der Waals surface area contributed by atoms with E-state index in [0.717, 1.165) is 37.5 Å². The Labute approximate surface area is 134 Å². The quantitative estimate of drug-likeness (QED) is 0.656. The molecule has 116 valence electrons. The van der Waals surface area contributed by atoms with Crippen LogP contribution in [0.2, 0.25) is 0 Å². The molecule has 0 unspecified atom stereocenters. The molecule has 3 nitrogen and oxygen atoms in total. The van der Waals surface area contributed by atoms with Crippen molar-refractivity contribution in [1.29, 1.82) is 0 Å². The van der Waals surface area contributed by atoms with Crippen molar-refractivity contribution in [1.82, 2.24) is 10.6 Å². The molecule has 1 aromatic carbocycles. The Morgan fingerprint density at radius 2 is 2.14 bits per heavy atom. The number of nitrogens with zero attached hydrogens (tertiary/aromatic N) is 1. The molecular weight excluding hydrogens is 297 g/mol. The summed E-state index contributed by atoms with van der Waals surface area (Å²) in [6, 6.07) is 11.1. The van der Waals surface area contributed by atoms with Gasteiger partial charge in [-0.05, 0) is 42.0 Å². The van der Waals surface area contributed by atoms with Crippen molar-refractivity contribution >= 4 is 17.3 Å². The van der Waals surface area contributed by atoms with Crippen LogP contribution in [0.5, 0.6) is 0 Å². The van der Waals surface area contributed by atoms with E-state index in [1.807, 2.05) is 12.1 Å². The molecular formula is C17H20FN3S. The number of hydrogen-bond donors (Lipinski definition) is 2. The van der Waals surface area contributed by atoms with Crippen molar-refractivity contribution in [2.45, 2.75) is 24.8 Å². The van der Waals surface area contributed by atoms with Crippen molar-refractivity contribution in [2.24, 2.45) is 4.99 Å². The molecule has 0 saturated heterocycles. The third kappa shape index (κ3) is 3.47. The van der Waals surface area contributed by atoms with Gasteiger partial charge in [-0.25, -0.2) is 4.39 Å². The summed E-state index contributed by atoms with van der Waals surface area (Å²) in [5.41, 5.74) is 1.14. The summed E-state index contributed by atoms with van der Waals surface area (Å²) in [6.45, 7) is 1.55. The third-order valence-corrected chi connectivity index (χ3v) is 4.99. The van der Waals surface area contributed by atoms with Crippen LogP contribution < -0.4 is 10.6 Å². The predicted octanol–water partition coefficient (Wildman–Crippen LogP) is 3.28. The highest BCUT2D eigenvalue weighted by Crippen LogP contribution is 2.47. The molecule has 0 aliphatic heterocycles. The van der Waals surface area contributed by atoms with Gasteiger partial charge in [0.1, 0.15) is 5.82 Å². The molecule has 3 rings (SSSR count). The number of nitrogens with one attached hydrogen (secondary N) is 2. The normalized spacial score (nSPS) is 16.4. The number of benzene rings is 1. The molecule has 22 heavy (non-hydrogen) atoms. The summed E-state index contributed by atoms with van der Waals surface area (Å²) >= 11 is 1.72. The minimum absolute atomic E-state index is 0.0582. The Morgan fingerprint density at radius 1 is 1.27 bits per heavy atom. The maximum Gasteiger partial charge on any atom is 0.191 e.